The van der Waals surface area contributed by atoms with Crippen molar-refractivity contribution in [3.8, 4) is 0 Å². The van der Waals surface area contributed by atoms with E-state index < -0.39 is 0 Å². The molecule has 1 aliphatic carbocycles. The number of nitrogens with one attached hydrogen (secondary N) is 1. The van der Waals surface area contributed by atoms with Gasteiger partial charge < -0.3 is 11.1 Å². The van der Waals surface area contributed by atoms with E-state index in [0.717, 1.165) is 12.2 Å². The molecule has 1 fully saturated rings. The summed E-state index contributed by atoms with van der Waals surface area (Å²) < 4.78 is 0. The van der Waals surface area contributed by atoms with Crippen molar-refractivity contribution < 1.29 is 0 Å². The highest BCUT2D eigenvalue weighted by Gasteiger charge is 2.09. The summed E-state index contributed by atoms with van der Waals surface area (Å²) in [6, 6.07) is 8.97. The van der Waals surface area contributed by atoms with Gasteiger partial charge in [-0.3, -0.25) is 0 Å². The zero-order valence-corrected chi connectivity index (χ0v) is 13.4. The Labute approximate surface area is 130 Å². The third-order valence-corrected chi connectivity index (χ3v) is 4.68. The van der Waals surface area contributed by atoms with E-state index in [4.69, 9.17) is 5.73 Å². The number of benzene rings is 1. The molecule has 0 spiro atoms. The van der Waals surface area contributed by atoms with Crippen LogP contribution in [-0.2, 0) is 6.54 Å². The van der Waals surface area contributed by atoms with Gasteiger partial charge in [0.25, 0.3) is 0 Å². The molecule has 1 aliphatic rings. The fraction of sp³-hybridized carbons (Fsp3) is 0.684. The SMILES string of the molecule is Nc1ccc(CNC2CCCCCCCCCCC2)cc1. The van der Waals surface area contributed by atoms with Gasteiger partial charge in [-0.2, -0.15) is 0 Å². The van der Waals surface area contributed by atoms with E-state index in [1.54, 1.807) is 0 Å². The van der Waals surface area contributed by atoms with Crippen LogP contribution in [-0.4, -0.2) is 6.04 Å². The van der Waals surface area contributed by atoms with Crippen LogP contribution in [0.2, 0.25) is 0 Å². The second-order valence-corrected chi connectivity index (χ2v) is 6.58. The predicted octanol–water partition coefficient (Wildman–Crippen LogP) is 5.03. The molecule has 2 heteroatoms. The largest absolute Gasteiger partial charge is 0.399 e. The topological polar surface area (TPSA) is 38.0 Å². The molecular weight excluding hydrogens is 256 g/mol. The molecule has 0 unspecified atom stereocenters. The molecule has 21 heavy (non-hydrogen) atoms. The van der Waals surface area contributed by atoms with Crippen molar-refractivity contribution in [1.29, 1.82) is 0 Å². The lowest BCUT2D eigenvalue weighted by molar-refractivity contribution is 0.403. The Morgan fingerprint density at radius 1 is 0.762 bits per heavy atom. The fourth-order valence-electron chi connectivity index (χ4n) is 3.27. The minimum Gasteiger partial charge on any atom is -0.399 e. The average Bonchev–Trinajstić information content (AvgIpc) is 2.48. The van der Waals surface area contributed by atoms with Crippen molar-refractivity contribution in [2.45, 2.75) is 83.2 Å². The molecule has 118 valence electrons. The highest BCUT2D eigenvalue weighted by Crippen LogP contribution is 2.17. The van der Waals surface area contributed by atoms with Gasteiger partial charge in [-0.1, -0.05) is 69.9 Å². The van der Waals surface area contributed by atoms with Crippen LogP contribution in [0.1, 0.15) is 76.2 Å². The van der Waals surface area contributed by atoms with Crippen LogP contribution in [0.5, 0.6) is 0 Å². The third-order valence-electron chi connectivity index (χ3n) is 4.68. The molecule has 0 atom stereocenters. The van der Waals surface area contributed by atoms with Crippen molar-refractivity contribution in [3.63, 3.8) is 0 Å². The number of rotatable bonds is 3. The molecular formula is C19H32N2. The molecule has 0 heterocycles. The van der Waals surface area contributed by atoms with E-state index in [1.807, 2.05) is 12.1 Å². The first-order valence-corrected chi connectivity index (χ1v) is 8.92. The number of hydrogen-bond acceptors (Lipinski definition) is 2. The Hall–Kier alpha value is -1.02. The van der Waals surface area contributed by atoms with Gasteiger partial charge in [0.1, 0.15) is 0 Å². The number of nitrogens with two attached hydrogens (primary N) is 1. The highest BCUT2D eigenvalue weighted by molar-refractivity contribution is 5.39. The van der Waals surface area contributed by atoms with E-state index in [-0.39, 0.29) is 0 Å². The molecule has 0 amide bonds. The Morgan fingerprint density at radius 3 is 1.76 bits per heavy atom. The molecule has 2 nitrogen and oxygen atoms in total. The van der Waals surface area contributed by atoms with Crippen LogP contribution in [0.15, 0.2) is 24.3 Å². The van der Waals surface area contributed by atoms with Crippen LogP contribution in [0.25, 0.3) is 0 Å². The Morgan fingerprint density at radius 2 is 1.24 bits per heavy atom. The molecule has 0 aromatic heterocycles. The van der Waals surface area contributed by atoms with E-state index in [9.17, 15) is 0 Å². The molecule has 1 aromatic carbocycles. The summed E-state index contributed by atoms with van der Waals surface area (Å²) >= 11 is 0. The molecule has 0 saturated heterocycles. The van der Waals surface area contributed by atoms with Crippen LogP contribution in [0.4, 0.5) is 5.69 Å². The third kappa shape index (κ3) is 6.99. The summed E-state index contributed by atoms with van der Waals surface area (Å²) in [5.74, 6) is 0. The van der Waals surface area contributed by atoms with Gasteiger partial charge >= 0.3 is 0 Å². The Balaban J connectivity index is 1.75. The second-order valence-electron chi connectivity index (χ2n) is 6.58. The van der Waals surface area contributed by atoms with Gasteiger partial charge in [0.2, 0.25) is 0 Å². The van der Waals surface area contributed by atoms with Crippen molar-refractivity contribution >= 4 is 5.69 Å². The summed E-state index contributed by atoms with van der Waals surface area (Å²) in [6.07, 6.45) is 15.5. The molecule has 2 rings (SSSR count). The Kier molecular flexibility index (Phi) is 7.66. The van der Waals surface area contributed by atoms with E-state index in [2.05, 4.69) is 17.4 Å². The average molecular weight is 288 g/mol. The van der Waals surface area contributed by atoms with Crippen molar-refractivity contribution in [3.05, 3.63) is 29.8 Å². The summed E-state index contributed by atoms with van der Waals surface area (Å²) in [5.41, 5.74) is 7.94. The van der Waals surface area contributed by atoms with Gasteiger partial charge in [0.15, 0.2) is 0 Å². The Bertz CT molecular complexity index is 360. The lowest BCUT2D eigenvalue weighted by atomic mass is 9.98. The summed E-state index contributed by atoms with van der Waals surface area (Å²) in [6.45, 7) is 0.977. The maximum atomic E-state index is 5.74. The van der Waals surface area contributed by atoms with Gasteiger partial charge in [-0.05, 0) is 30.5 Å². The van der Waals surface area contributed by atoms with Crippen molar-refractivity contribution in [1.82, 2.24) is 5.32 Å². The monoisotopic (exact) mass is 288 g/mol. The molecule has 1 aromatic rings. The number of nitrogen functional groups attached to an aromatic ring is 1. The maximum Gasteiger partial charge on any atom is 0.0314 e. The molecule has 0 aliphatic heterocycles. The van der Waals surface area contributed by atoms with Crippen molar-refractivity contribution in [2.75, 3.05) is 5.73 Å². The number of hydrogen-bond donors (Lipinski definition) is 2. The van der Waals surface area contributed by atoms with Gasteiger partial charge in [0, 0.05) is 18.3 Å². The first-order valence-electron chi connectivity index (χ1n) is 8.92. The minimum absolute atomic E-state index is 0.696. The van der Waals surface area contributed by atoms with Crippen LogP contribution >= 0.6 is 0 Å². The van der Waals surface area contributed by atoms with Gasteiger partial charge in [0.05, 0.1) is 0 Å². The number of anilines is 1. The molecule has 0 bridgehead atoms. The van der Waals surface area contributed by atoms with Gasteiger partial charge in [-0.15, -0.1) is 0 Å². The van der Waals surface area contributed by atoms with Crippen LogP contribution in [0, 0.1) is 0 Å². The molecule has 3 N–H and O–H groups in total. The standard InChI is InChI=1S/C19H32N2/c20-18-14-12-17(13-15-18)16-21-19-10-8-6-4-2-1-3-5-7-9-11-19/h12-15,19,21H,1-11,16,20H2. The van der Waals surface area contributed by atoms with Crippen LogP contribution < -0.4 is 11.1 Å². The molecule has 0 radical (unpaired) electrons. The predicted molar refractivity (Wildman–Crippen MR) is 92.3 cm³/mol. The lowest BCUT2D eigenvalue weighted by Gasteiger charge is -2.19. The first kappa shape index (κ1) is 16.4. The van der Waals surface area contributed by atoms with Gasteiger partial charge in [-0.25, -0.2) is 0 Å². The lowest BCUT2D eigenvalue weighted by Crippen LogP contribution is -2.28. The zero-order valence-electron chi connectivity index (χ0n) is 13.4. The minimum atomic E-state index is 0.696. The normalized spacial score (nSPS) is 19.6. The van der Waals surface area contributed by atoms with E-state index in [0.29, 0.717) is 6.04 Å². The first-order chi connectivity index (χ1) is 10.3. The quantitative estimate of drug-likeness (QED) is 0.765. The zero-order chi connectivity index (χ0) is 14.8. The second kappa shape index (κ2) is 9.83. The maximum absolute atomic E-state index is 5.74. The van der Waals surface area contributed by atoms with E-state index >= 15 is 0 Å². The van der Waals surface area contributed by atoms with E-state index in [1.165, 1.54) is 76.2 Å². The summed E-state index contributed by atoms with van der Waals surface area (Å²) in [7, 11) is 0. The van der Waals surface area contributed by atoms with Crippen LogP contribution in [0.3, 0.4) is 0 Å². The summed E-state index contributed by atoms with van der Waals surface area (Å²) in [5, 5.41) is 3.77. The fourth-order valence-corrected chi connectivity index (χ4v) is 3.27. The summed E-state index contributed by atoms with van der Waals surface area (Å²) in [4.78, 5) is 0. The smallest absolute Gasteiger partial charge is 0.0314 e. The highest BCUT2D eigenvalue weighted by atomic mass is 14.9. The molecule has 1 saturated carbocycles. The van der Waals surface area contributed by atoms with Crippen molar-refractivity contribution in [2.24, 2.45) is 0 Å².